The molecule has 1 amide bonds. The molecule has 2 heterocycles. The van der Waals surface area contributed by atoms with Gasteiger partial charge in [-0.25, -0.2) is 0 Å². The molecule has 2 rings (SSSR count). The predicted molar refractivity (Wildman–Crippen MR) is 72.9 cm³/mol. The summed E-state index contributed by atoms with van der Waals surface area (Å²) in [4.78, 5) is 12.2. The number of aryl methyl sites for hydroxylation is 1. The third-order valence-corrected chi connectivity index (χ3v) is 4.13. The number of carbonyl (C=O) groups excluding carboxylic acids is 1. The van der Waals surface area contributed by atoms with Crippen molar-refractivity contribution in [1.29, 1.82) is 5.26 Å². The second-order valence-corrected chi connectivity index (χ2v) is 5.77. The molecular formula is C13H17N3O2S. The molecule has 1 aromatic rings. The number of hydrogen-bond donors (Lipinski definition) is 1. The molecule has 1 saturated heterocycles. The third-order valence-electron chi connectivity index (χ3n) is 3.28. The topological polar surface area (TPSA) is 75.0 Å². The van der Waals surface area contributed by atoms with Crippen LogP contribution in [0.2, 0.25) is 0 Å². The summed E-state index contributed by atoms with van der Waals surface area (Å²) in [6.45, 7) is 5.73. The highest BCUT2D eigenvalue weighted by Crippen LogP contribution is 2.28. The Kier molecular flexibility index (Phi) is 4.17. The van der Waals surface area contributed by atoms with Crippen molar-refractivity contribution in [3.05, 3.63) is 11.3 Å². The molecule has 1 aliphatic heterocycles. The molecule has 2 unspecified atom stereocenters. The lowest BCUT2D eigenvalue weighted by Gasteiger charge is -2.31. The van der Waals surface area contributed by atoms with E-state index >= 15 is 0 Å². The van der Waals surface area contributed by atoms with E-state index in [0.29, 0.717) is 16.3 Å². The quantitative estimate of drug-likeness (QED) is 0.902. The Morgan fingerprint density at radius 2 is 2.11 bits per heavy atom. The van der Waals surface area contributed by atoms with Crippen molar-refractivity contribution in [3.63, 3.8) is 0 Å². The number of carbonyl (C=O) groups is 1. The minimum Gasteiger partial charge on any atom is -0.376 e. The Hall–Kier alpha value is -1.45. The van der Waals surface area contributed by atoms with E-state index in [0.717, 1.165) is 24.4 Å². The highest BCUT2D eigenvalue weighted by atomic mass is 32.1. The fourth-order valence-corrected chi connectivity index (χ4v) is 3.17. The number of nitriles is 1. The van der Waals surface area contributed by atoms with Gasteiger partial charge in [-0.05, 0) is 45.1 Å². The molecule has 1 N–H and O–H groups in total. The van der Waals surface area contributed by atoms with Crippen LogP contribution < -0.4 is 5.32 Å². The second kappa shape index (κ2) is 5.68. The van der Waals surface area contributed by atoms with Crippen LogP contribution in [0.3, 0.4) is 0 Å². The summed E-state index contributed by atoms with van der Waals surface area (Å²) in [5.74, 6) is -0.102. The van der Waals surface area contributed by atoms with Crippen molar-refractivity contribution in [2.24, 2.45) is 5.92 Å². The van der Waals surface area contributed by atoms with Crippen molar-refractivity contribution >= 4 is 22.4 Å². The number of anilines is 1. The summed E-state index contributed by atoms with van der Waals surface area (Å²) in [7, 11) is 0. The van der Waals surface area contributed by atoms with Crippen molar-refractivity contribution in [1.82, 2.24) is 4.37 Å². The van der Waals surface area contributed by atoms with Crippen LogP contribution in [0.25, 0.3) is 0 Å². The van der Waals surface area contributed by atoms with Gasteiger partial charge in [-0.2, -0.15) is 9.64 Å². The Balaban J connectivity index is 2.07. The highest BCUT2D eigenvalue weighted by molar-refractivity contribution is 7.10. The number of hydrogen-bond acceptors (Lipinski definition) is 5. The molecule has 19 heavy (non-hydrogen) atoms. The van der Waals surface area contributed by atoms with Crippen LogP contribution in [-0.4, -0.2) is 22.5 Å². The van der Waals surface area contributed by atoms with E-state index in [1.165, 1.54) is 0 Å². The maximum absolute atomic E-state index is 12.2. The molecule has 0 aromatic carbocycles. The number of nitrogens with zero attached hydrogens (tertiary/aromatic N) is 2. The Labute approximate surface area is 116 Å². The zero-order valence-electron chi connectivity index (χ0n) is 11.3. The Bertz CT molecular complexity index is 510. The summed E-state index contributed by atoms with van der Waals surface area (Å²) in [6.07, 6.45) is 1.63. The van der Waals surface area contributed by atoms with Gasteiger partial charge in [0.1, 0.15) is 16.6 Å². The summed E-state index contributed by atoms with van der Waals surface area (Å²) in [6, 6.07) is 2.08. The predicted octanol–water partition coefficient (Wildman–Crippen LogP) is 2.47. The number of nitrogens with one attached hydrogen (secondary N) is 1. The fourth-order valence-electron chi connectivity index (χ4n) is 2.42. The summed E-state index contributed by atoms with van der Waals surface area (Å²) in [5, 5.41) is 12.4. The lowest BCUT2D eigenvalue weighted by atomic mass is 9.92. The van der Waals surface area contributed by atoms with Crippen LogP contribution >= 0.6 is 11.5 Å². The minimum atomic E-state index is -0.0623. The Morgan fingerprint density at radius 3 is 2.68 bits per heavy atom. The molecule has 102 valence electrons. The average Bonchev–Trinajstić information content (AvgIpc) is 2.68. The van der Waals surface area contributed by atoms with Gasteiger partial charge in [0.15, 0.2) is 0 Å². The van der Waals surface area contributed by atoms with E-state index in [9.17, 15) is 4.79 Å². The van der Waals surface area contributed by atoms with Gasteiger partial charge in [-0.1, -0.05) is 0 Å². The maximum atomic E-state index is 12.2. The van der Waals surface area contributed by atoms with E-state index in [2.05, 4.69) is 15.8 Å². The molecule has 1 fully saturated rings. The maximum Gasteiger partial charge on any atom is 0.228 e. The standard InChI is InChI=1S/C13H17N3O2S/c1-7-4-10(5-8(2)18-7)12(17)15-13-11(6-14)9(3)16-19-13/h7-8,10H,4-5H2,1-3H3,(H,15,17). The average molecular weight is 279 g/mol. The summed E-state index contributed by atoms with van der Waals surface area (Å²) < 4.78 is 9.72. The molecule has 0 radical (unpaired) electrons. The molecule has 1 aliphatic rings. The summed E-state index contributed by atoms with van der Waals surface area (Å²) >= 11 is 1.16. The van der Waals surface area contributed by atoms with Gasteiger partial charge in [-0.3, -0.25) is 4.79 Å². The van der Waals surface area contributed by atoms with Crippen molar-refractivity contribution < 1.29 is 9.53 Å². The smallest absolute Gasteiger partial charge is 0.228 e. The molecule has 0 aliphatic carbocycles. The normalized spacial score (nSPS) is 26.7. The molecule has 5 nitrogen and oxygen atoms in total. The van der Waals surface area contributed by atoms with Crippen LogP contribution in [0.15, 0.2) is 0 Å². The van der Waals surface area contributed by atoms with Crippen molar-refractivity contribution in [2.45, 2.75) is 45.8 Å². The van der Waals surface area contributed by atoms with Gasteiger partial charge in [0, 0.05) is 5.92 Å². The van der Waals surface area contributed by atoms with Crippen LogP contribution in [0.4, 0.5) is 5.00 Å². The van der Waals surface area contributed by atoms with Gasteiger partial charge >= 0.3 is 0 Å². The number of aromatic nitrogens is 1. The lowest BCUT2D eigenvalue weighted by Crippen LogP contribution is -2.36. The van der Waals surface area contributed by atoms with Crippen LogP contribution in [0.1, 0.15) is 37.9 Å². The number of ether oxygens (including phenoxy) is 1. The van der Waals surface area contributed by atoms with Gasteiger partial charge in [0.25, 0.3) is 0 Å². The third kappa shape index (κ3) is 3.11. The minimum absolute atomic E-state index is 0.0397. The van der Waals surface area contributed by atoms with Crippen LogP contribution in [0.5, 0.6) is 0 Å². The van der Waals surface area contributed by atoms with Gasteiger partial charge in [-0.15, -0.1) is 0 Å². The second-order valence-electron chi connectivity index (χ2n) is 5.00. The number of rotatable bonds is 2. The molecule has 6 heteroatoms. The fraction of sp³-hybridized carbons (Fsp3) is 0.615. The zero-order valence-corrected chi connectivity index (χ0v) is 12.1. The van der Waals surface area contributed by atoms with Gasteiger partial charge in [0.05, 0.1) is 17.9 Å². The number of amides is 1. The van der Waals surface area contributed by atoms with E-state index in [1.54, 1.807) is 6.92 Å². The lowest BCUT2D eigenvalue weighted by molar-refractivity contribution is -0.127. The molecular weight excluding hydrogens is 262 g/mol. The summed E-state index contributed by atoms with van der Waals surface area (Å²) in [5.41, 5.74) is 1.13. The first-order valence-corrected chi connectivity index (χ1v) is 7.11. The SMILES string of the molecule is Cc1nsc(NC(=O)C2CC(C)OC(C)C2)c1C#N. The van der Waals surface area contributed by atoms with Crippen LogP contribution in [-0.2, 0) is 9.53 Å². The van der Waals surface area contributed by atoms with Gasteiger partial charge < -0.3 is 10.1 Å². The van der Waals surface area contributed by atoms with E-state index in [-0.39, 0.29) is 24.0 Å². The molecule has 0 bridgehead atoms. The zero-order chi connectivity index (χ0) is 14.0. The van der Waals surface area contributed by atoms with E-state index in [1.807, 2.05) is 13.8 Å². The molecule has 2 atom stereocenters. The monoisotopic (exact) mass is 279 g/mol. The van der Waals surface area contributed by atoms with E-state index < -0.39 is 0 Å². The van der Waals surface area contributed by atoms with Crippen molar-refractivity contribution in [2.75, 3.05) is 5.32 Å². The van der Waals surface area contributed by atoms with E-state index in [4.69, 9.17) is 10.00 Å². The Morgan fingerprint density at radius 1 is 1.47 bits per heavy atom. The largest absolute Gasteiger partial charge is 0.376 e. The van der Waals surface area contributed by atoms with Crippen molar-refractivity contribution in [3.8, 4) is 6.07 Å². The highest BCUT2D eigenvalue weighted by Gasteiger charge is 2.30. The van der Waals surface area contributed by atoms with Gasteiger partial charge in [0.2, 0.25) is 5.91 Å². The van der Waals surface area contributed by atoms with Crippen LogP contribution in [0, 0.1) is 24.2 Å². The first-order valence-electron chi connectivity index (χ1n) is 6.34. The molecule has 1 aromatic heterocycles. The molecule has 0 spiro atoms. The first-order chi connectivity index (χ1) is 9.01. The first kappa shape index (κ1) is 14.0. The molecule has 0 saturated carbocycles.